The molecular weight excluding hydrogens is 1290 g/mol. The summed E-state index contributed by atoms with van der Waals surface area (Å²) in [4.78, 5) is 89.7. The van der Waals surface area contributed by atoms with E-state index in [-0.39, 0.29) is 130 Å². The van der Waals surface area contributed by atoms with E-state index in [2.05, 4.69) is 10.6 Å². The van der Waals surface area contributed by atoms with Crippen LogP contribution in [0.5, 0.6) is 0 Å². The van der Waals surface area contributed by atoms with Gasteiger partial charge in [-0.2, -0.15) is 0 Å². The number of carbonyl (C=O) groups is 6. The van der Waals surface area contributed by atoms with Crippen molar-refractivity contribution in [2.75, 3.05) is 207 Å². The van der Waals surface area contributed by atoms with E-state index >= 15 is 0 Å². The highest BCUT2D eigenvalue weighted by molar-refractivity contribution is 5.87. The second-order valence-electron chi connectivity index (χ2n) is 23.7. The maximum absolute atomic E-state index is 14.4. The van der Waals surface area contributed by atoms with Crippen LogP contribution in [0.4, 0.5) is 0 Å². The van der Waals surface area contributed by atoms with Crippen molar-refractivity contribution in [2.24, 2.45) is 0 Å². The molecule has 0 aliphatic carbocycles. The Hall–Kier alpha value is -4.26. The fourth-order valence-electron chi connectivity index (χ4n) is 9.13. The van der Waals surface area contributed by atoms with E-state index in [1.54, 1.807) is 30.9 Å². The number of carbonyl (C=O) groups excluding carboxylic acids is 6. The predicted octanol–water partition coefficient (Wildman–Crippen LogP) is -15.5. The second-order valence-corrected chi connectivity index (χ2v) is 23.7. The maximum Gasteiger partial charge on any atom is 0.241 e. The topological polar surface area (TPSA) is 585 Å². The zero-order valence-electron chi connectivity index (χ0n) is 56.1. The van der Waals surface area contributed by atoms with Gasteiger partial charge in [-0.3, -0.25) is 43.5 Å². The predicted molar refractivity (Wildman–Crippen MR) is 335 cm³/mol. The number of nitrogens with zero attached hydrogens (tertiary/aromatic N) is 8. The summed E-state index contributed by atoms with van der Waals surface area (Å²) >= 11 is 0. The summed E-state index contributed by atoms with van der Waals surface area (Å²) in [5.41, 5.74) is 0. The van der Waals surface area contributed by atoms with Gasteiger partial charge in [0.2, 0.25) is 35.4 Å². The van der Waals surface area contributed by atoms with Crippen LogP contribution in [0.15, 0.2) is 0 Å². The van der Waals surface area contributed by atoms with Crippen molar-refractivity contribution >= 4 is 35.4 Å². The molecule has 566 valence electrons. The van der Waals surface area contributed by atoms with Gasteiger partial charge >= 0.3 is 0 Å². The third-order valence-corrected chi connectivity index (χ3v) is 15.6. The Labute approximate surface area is 559 Å². The largest absolute Gasteiger partial charge is 0.394 e. The van der Waals surface area contributed by atoms with Crippen LogP contribution in [0.3, 0.4) is 0 Å². The van der Waals surface area contributed by atoms with Crippen molar-refractivity contribution in [3.63, 3.8) is 0 Å². The van der Waals surface area contributed by atoms with E-state index in [9.17, 15) is 121 Å². The summed E-state index contributed by atoms with van der Waals surface area (Å²) in [7, 11) is 10.7. The number of hydrogen-bond acceptors (Lipinski definition) is 33. The van der Waals surface area contributed by atoms with Crippen LogP contribution in [0.2, 0.25) is 0 Å². The van der Waals surface area contributed by atoms with Gasteiger partial charge in [0.15, 0.2) is 0 Å². The lowest BCUT2D eigenvalue weighted by molar-refractivity contribution is -0.149. The second kappa shape index (κ2) is 50.1. The van der Waals surface area contributed by atoms with Crippen molar-refractivity contribution in [1.29, 1.82) is 0 Å². The molecule has 1 unspecified atom stereocenters. The van der Waals surface area contributed by atoms with E-state index < -0.39 is 186 Å². The number of likely N-dealkylation sites (N-methyl/N-ethyl adjacent to an activating group) is 7. The fraction of sp³-hybridized carbons (Fsp3) is 0.895. The third-order valence-electron chi connectivity index (χ3n) is 15.6. The number of aliphatic hydroxyl groups is 20. The van der Waals surface area contributed by atoms with Gasteiger partial charge < -0.3 is 151 Å². The lowest BCUT2D eigenvalue weighted by Gasteiger charge is -2.35. The van der Waals surface area contributed by atoms with E-state index in [4.69, 9.17) is 24.4 Å². The molecule has 17 atom stereocenters. The summed E-state index contributed by atoms with van der Waals surface area (Å²) in [6.45, 7) is -6.60. The summed E-state index contributed by atoms with van der Waals surface area (Å²) in [6.07, 6.45) is -31.8. The van der Waals surface area contributed by atoms with Gasteiger partial charge in [-0.05, 0) is 40.5 Å². The number of ether oxygens (including phenoxy) is 3. The Bertz CT molecular complexity index is 2090. The Morgan fingerprint density at radius 2 is 0.771 bits per heavy atom. The Morgan fingerprint density at radius 1 is 0.396 bits per heavy atom. The summed E-state index contributed by atoms with van der Waals surface area (Å²) in [5, 5.41) is 206. The van der Waals surface area contributed by atoms with Crippen LogP contribution in [0.25, 0.3) is 0 Å². The Balaban J connectivity index is 5.54. The molecular formula is C57H114N10O29. The highest BCUT2D eigenvalue weighted by Gasteiger charge is 2.38. The van der Waals surface area contributed by atoms with Gasteiger partial charge in [-0.1, -0.05) is 0 Å². The minimum atomic E-state index is -2.09. The molecule has 6 amide bonds. The SMILES string of the molecule is CNCC(=O)N(C)CC(=O)N(C)CCN(C)C(CCCN(C[C@H](O)[C@@H](O)[C@H](O)[C@H](O)CO)C[C@H](O)[C@@H](O)[C@H](O)[C@H](O)CO)C(=O)N(C)CC(=O)N(C)CCN(C)CC(=O)NCCOCCOCCOCCC(=O)N(C[C@H](O)[C@@H](O)[C@H](O)[C@H](O)CO)C[C@H](O)[C@@H](O)[C@H](O)[C@H](O)CO. The van der Waals surface area contributed by atoms with Gasteiger partial charge in [-0.25, -0.2) is 0 Å². The first-order chi connectivity index (χ1) is 45.1. The average Bonchev–Trinajstić information content (AvgIpc) is 1.31. The minimum absolute atomic E-state index is 0.000825. The molecule has 0 aliphatic rings. The van der Waals surface area contributed by atoms with Gasteiger partial charge in [0, 0.05) is 87.1 Å². The number of amides is 6. The summed E-state index contributed by atoms with van der Waals surface area (Å²) in [5.74, 6) is -2.93. The number of nitrogens with one attached hydrogen (secondary N) is 2. The molecule has 39 heteroatoms. The molecule has 0 aromatic rings. The molecule has 0 heterocycles. The van der Waals surface area contributed by atoms with Crippen LogP contribution >= 0.6 is 0 Å². The molecule has 96 heavy (non-hydrogen) atoms. The maximum atomic E-state index is 14.4. The molecule has 0 aromatic heterocycles. The Kier molecular flexibility index (Phi) is 47.9. The van der Waals surface area contributed by atoms with Gasteiger partial charge in [0.1, 0.15) is 85.5 Å². The first-order valence-corrected chi connectivity index (χ1v) is 31.4. The number of rotatable bonds is 56. The molecule has 0 aromatic carbocycles. The zero-order valence-corrected chi connectivity index (χ0v) is 56.1. The van der Waals surface area contributed by atoms with Crippen LogP contribution in [0, 0.1) is 0 Å². The standard InChI is InChI=1S/C57H114N10O29/c1-58-23-46(82)64(6)29-47(83)63(5)16-15-61(3)35(9-8-12-66(24-36(72)49(85)53(89)40(76)31-68)25-37(73)50(86)54(90)41(77)32-69)57(93)65(7)30-48(84)62(4)14-13-60(2)28-44(80)59-11-18-95-20-22-96-21-19-94-17-10-45(81)67(26-38(74)51(87)55(91)42(78)33-70)27-39(75)52(88)56(92)43(79)34-71/h35-43,49-56,58,68-79,85-92H,8-34H2,1-7H3,(H,59,80)/t35?,36-,37-,38-,39-,40+,41+,42+,43+,49+,50+,51+,52+,53+,54+,55+,56+/m0/s1. The van der Waals surface area contributed by atoms with Crippen molar-refractivity contribution < 1.29 is 145 Å². The molecule has 0 rings (SSSR count). The van der Waals surface area contributed by atoms with Crippen LogP contribution in [0.1, 0.15) is 19.3 Å². The van der Waals surface area contributed by atoms with Crippen molar-refractivity contribution in [3.05, 3.63) is 0 Å². The summed E-state index contributed by atoms with van der Waals surface area (Å²) in [6, 6.07) is -1.02. The van der Waals surface area contributed by atoms with Gasteiger partial charge in [0.05, 0.1) is 117 Å². The molecule has 0 fully saturated rings. The van der Waals surface area contributed by atoms with Gasteiger partial charge in [-0.15, -0.1) is 0 Å². The van der Waals surface area contributed by atoms with Crippen molar-refractivity contribution in [3.8, 4) is 0 Å². The van der Waals surface area contributed by atoms with E-state index in [0.717, 1.165) is 4.90 Å². The van der Waals surface area contributed by atoms with Crippen molar-refractivity contribution in [2.45, 2.75) is 123 Å². The first-order valence-electron chi connectivity index (χ1n) is 31.4. The van der Waals surface area contributed by atoms with E-state index in [0.29, 0.717) is 0 Å². The monoisotopic (exact) mass is 1400 g/mol. The van der Waals surface area contributed by atoms with E-state index in [1.807, 2.05) is 0 Å². The normalized spacial score (nSPS) is 17.4. The number of aliphatic hydroxyl groups excluding tert-OH is 20. The summed E-state index contributed by atoms with van der Waals surface area (Å²) < 4.78 is 16.4. The first kappa shape index (κ1) is 91.7. The highest BCUT2D eigenvalue weighted by Crippen LogP contribution is 2.17. The minimum Gasteiger partial charge on any atom is -0.394 e. The van der Waals surface area contributed by atoms with E-state index in [1.165, 1.54) is 52.7 Å². The van der Waals surface area contributed by atoms with Gasteiger partial charge in [0.25, 0.3) is 0 Å². The molecule has 0 saturated carbocycles. The molecule has 39 nitrogen and oxygen atoms in total. The molecule has 0 bridgehead atoms. The molecule has 0 spiro atoms. The van der Waals surface area contributed by atoms with Crippen molar-refractivity contribution in [1.82, 2.24) is 49.8 Å². The molecule has 0 aliphatic heterocycles. The fourth-order valence-corrected chi connectivity index (χ4v) is 9.13. The molecule has 0 radical (unpaired) electrons. The molecule has 22 N–H and O–H groups in total. The Morgan fingerprint density at radius 3 is 1.19 bits per heavy atom. The van der Waals surface area contributed by atoms with Crippen LogP contribution in [-0.4, -0.2) is 488 Å². The highest BCUT2D eigenvalue weighted by atomic mass is 16.5. The zero-order chi connectivity index (χ0) is 73.5. The third kappa shape index (κ3) is 35.2. The average molecular weight is 1400 g/mol. The molecule has 0 saturated heterocycles. The van der Waals surface area contributed by atoms with Crippen LogP contribution in [-0.2, 0) is 43.0 Å². The van der Waals surface area contributed by atoms with Crippen LogP contribution < -0.4 is 10.6 Å². The number of hydrogen-bond donors (Lipinski definition) is 22. The lowest BCUT2D eigenvalue weighted by Crippen LogP contribution is -2.54. The smallest absolute Gasteiger partial charge is 0.241 e. The quantitative estimate of drug-likeness (QED) is 0.0251. The lowest BCUT2D eigenvalue weighted by atomic mass is 10.0.